The summed E-state index contributed by atoms with van der Waals surface area (Å²) in [5, 5.41) is 9.99. The molecule has 3 atom stereocenters. The number of hydrogen-bond acceptors (Lipinski definition) is 9. The van der Waals surface area contributed by atoms with Crippen LogP contribution in [0.5, 0.6) is 0 Å². The van der Waals surface area contributed by atoms with E-state index in [2.05, 4.69) is 44.4 Å². The monoisotopic (exact) mass is 1050 g/mol. The molecule has 1 aliphatic rings. The molecule has 9 nitrogen and oxygen atoms in total. The molecular weight excluding hydrogens is 921 g/mol. The van der Waals surface area contributed by atoms with Crippen LogP contribution in [-0.2, 0) is 28.6 Å². The van der Waals surface area contributed by atoms with Crippen molar-refractivity contribution in [3.8, 4) is 0 Å². The Morgan fingerprint density at radius 3 is 1.22 bits per heavy atom. The molecule has 9 heteroatoms. The second-order valence-electron chi connectivity index (χ2n) is 23.4. The molecule has 0 bridgehead atoms. The van der Waals surface area contributed by atoms with Gasteiger partial charge in [-0.3, -0.25) is 24.2 Å². The predicted molar refractivity (Wildman–Crippen MR) is 314 cm³/mol. The van der Waals surface area contributed by atoms with E-state index in [9.17, 15) is 19.5 Å². The average molecular weight is 1050 g/mol. The van der Waals surface area contributed by atoms with Gasteiger partial charge >= 0.3 is 17.9 Å². The standard InChI is InChI=1S/C65H126N2O7/c1-6-11-16-21-24-25-28-34-47-64(70)73-57-61(58-74-65(71)55-59(40-30-19-14-9-4)41-32-26-22-17-12-7-2)44-36-38-50-67(62-45-39-46-62)52-51-66(53-54-68)49-37-29-35-48-63(69)72-56-60(42-31-20-15-10-5)43-33-27-23-18-13-8-3/h59-62,68H,6-58H2,1-5H3. The van der Waals surface area contributed by atoms with E-state index < -0.39 is 0 Å². The molecule has 0 spiro atoms. The molecule has 0 radical (unpaired) electrons. The summed E-state index contributed by atoms with van der Waals surface area (Å²) in [5.41, 5.74) is 0. The van der Waals surface area contributed by atoms with Crippen LogP contribution in [0.2, 0.25) is 0 Å². The first kappa shape index (κ1) is 70.3. The second kappa shape index (κ2) is 53.3. The summed E-state index contributed by atoms with van der Waals surface area (Å²) in [7, 11) is 0. The molecule has 0 aromatic rings. The summed E-state index contributed by atoms with van der Waals surface area (Å²) in [6, 6.07) is 0.624. The number of carbonyl (C=O) groups excluding carboxylic acids is 3. The zero-order valence-corrected chi connectivity index (χ0v) is 50.1. The van der Waals surface area contributed by atoms with Crippen molar-refractivity contribution in [2.45, 2.75) is 323 Å². The fraction of sp³-hybridized carbons (Fsp3) is 0.954. The van der Waals surface area contributed by atoms with Gasteiger partial charge in [0.2, 0.25) is 0 Å². The summed E-state index contributed by atoms with van der Waals surface area (Å²) in [4.78, 5) is 44.3. The third-order valence-corrected chi connectivity index (χ3v) is 16.4. The zero-order chi connectivity index (χ0) is 53.8. The first-order valence-electron chi connectivity index (χ1n) is 32.8. The highest BCUT2D eigenvalue weighted by molar-refractivity contribution is 5.70. The summed E-state index contributed by atoms with van der Waals surface area (Å²) in [5.74, 6) is 0.670. The van der Waals surface area contributed by atoms with Crippen molar-refractivity contribution in [3.63, 3.8) is 0 Å². The largest absolute Gasteiger partial charge is 0.465 e. The minimum atomic E-state index is -0.115. The van der Waals surface area contributed by atoms with Gasteiger partial charge in [-0.25, -0.2) is 0 Å². The topological polar surface area (TPSA) is 106 Å². The summed E-state index contributed by atoms with van der Waals surface area (Å²) in [6.45, 7) is 17.3. The van der Waals surface area contributed by atoms with Gasteiger partial charge in [0.1, 0.15) is 0 Å². The van der Waals surface area contributed by atoms with Crippen LogP contribution in [0.25, 0.3) is 0 Å². The lowest BCUT2D eigenvalue weighted by molar-refractivity contribution is -0.150. The van der Waals surface area contributed by atoms with Gasteiger partial charge in [0.05, 0.1) is 26.4 Å². The number of esters is 3. The molecule has 1 saturated carbocycles. The molecule has 1 N–H and O–H groups in total. The summed E-state index contributed by atoms with van der Waals surface area (Å²) in [6.07, 6.45) is 50.7. The number of nitrogens with zero attached hydrogens (tertiary/aromatic N) is 2. The molecule has 0 saturated heterocycles. The van der Waals surface area contributed by atoms with Crippen molar-refractivity contribution < 1.29 is 33.7 Å². The fourth-order valence-electron chi connectivity index (χ4n) is 11.0. The molecule has 0 aliphatic heterocycles. The van der Waals surface area contributed by atoms with E-state index in [0.717, 1.165) is 90.4 Å². The van der Waals surface area contributed by atoms with Crippen LogP contribution in [0.4, 0.5) is 0 Å². The maximum atomic E-state index is 13.4. The van der Waals surface area contributed by atoms with Gasteiger partial charge in [-0.1, -0.05) is 227 Å². The summed E-state index contributed by atoms with van der Waals surface area (Å²) < 4.78 is 17.9. The van der Waals surface area contributed by atoms with Gasteiger partial charge < -0.3 is 19.3 Å². The zero-order valence-electron chi connectivity index (χ0n) is 50.1. The molecule has 1 fully saturated rings. The van der Waals surface area contributed by atoms with Crippen molar-refractivity contribution in [3.05, 3.63) is 0 Å². The van der Waals surface area contributed by atoms with E-state index >= 15 is 0 Å². The number of aliphatic hydroxyl groups excluding tert-OH is 1. The number of hydrogen-bond donors (Lipinski definition) is 1. The van der Waals surface area contributed by atoms with E-state index in [-0.39, 0.29) is 30.4 Å². The van der Waals surface area contributed by atoms with Crippen LogP contribution in [0.3, 0.4) is 0 Å². The minimum absolute atomic E-state index is 0.00855. The molecule has 0 amide bonds. The normalized spacial score (nSPS) is 14.1. The van der Waals surface area contributed by atoms with Gasteiger partial charge in [0, 0.05) is 50.9 Å². The van der Waals surface area contributed by atoms with Gasteiger partial charge in [-0.05, 0) is 95.6 Å². The maximum Gasteiger partial charge on any atom is 0.306 e. The van der Waals surface area contributed by atoms with Crippen molar-refractivity contribution >= 4 is 17.9 Å². The molecule has 3 unspecified atom stereocenters. The van der Waals surface area contributed by atoms with Crippen LogP contribution < -0.4 is 0 Å². The fourth-order valence-corrected chi connectivity index (χ4v) is 11.0. The predicted octanol–water partition coefficient (Wildman–Crippen LogP) is 17.7. The Kier molecular flexibility index (Phi) is 50.6. The van der Waals surface area contributed by atoms with E-state index in [1.165, 1.54) is 199 Å². The molecule has 0 heterocycles. The molecule has 438 valence electrons. The maximum absolute atomic E-state index is 13.4. The number of ether oxygens (including phenoxy) is 3. The van der Waals surface area contributed by atoms with Crippen LogP contribution in [0, 0.1) is 17.8 Å². The molecular formula is C65H126N2O7. The van der Waals surface area contributed by atoms with Gasteiger partial charge in [0.25, 0.3) is 0 Å². The highest BCUT2D eigenvalue weighted by atomic mass is 16.5. The Hall–Kier alpha value is -1.71. The SMILES string of the molecule is CCCCCCCCCCC(=O)OCC(CCCCN(CCN(CCO)CCCCCC(=O)OCC(CCCCCC)CCCCCCCC)C1CCC1)COC(=O)CC(CCCCCC)CCCCCCCC. The number of unbranched alkanes of at least 4 members (excludes halogenated alkanes) is 26. The summed E-state index contributed by atoms with van der Waals surface area (Å²) >= 11 is 0. The second-order valence-corrected chi connectivity index (χ2v) is 23.4. The molecule has 1 aliphatic carbocycles. The average Bonchev–Trinajstić information content (AvgIpc) is 3.38. The van der Waals surface area contributed by atoms with Crippen LogP contribution >= 0.6 is 0 Å². The number of rotatable bonds is 58. The lowest BCUT2D eigenvalue weighted by atomic mass is 9.91. The Morgan fingerprint density at radius 2 is 0.757 bits per heavy atom. The van der Waals surface area contributed by atoms with Gasteiger partial charge in [-0.15, -0.1) is 0 Å². The Bertz CT molecular complexity index is 1230. The van der Waals surface area contributed by atoms with Crippen molar-refractivity contribution in [2.24, 2.45) is 17.8 Å². The first-order valence-corrected chi connectivity index (χ1v) is 32.8. The first-order chi connectivity index (χ1) is 36.3. The van der Waals surface area contributed by atoms with Crippen LogP contribution in [0.1, 0.15) is 317 Å². The Labute approximate surface area is 459 Å². The van der Waals surface area contributed by atoms with Gasteiger partial charge in [0.15, 0.2) is 0 Å². The molecule has 0 aromatic carbocycles. The van der Waals surface area contributed by atoms with Crippen molar-refractivity contribution in [2.75, 3.05) is 59.2 Å². The quantitative estimate of drug-likeness (QED) is 0.0362. The highest BCUT2D eigenvalue weighted by Crippen LogP contribution is 2.27. The molecule has 1 rings (SSSR count). The van der Waals surface area contributed by atoms with E-state index in [1.807, 2.05) is 0 Å². The lowest BCUT2D eigenvalue weighted by Gasteiger charge is -2.39. The van der Waals surface area contributed by atoms with Crippen LogP contribution in [0.15, 0.2) is 0 Å². The lowest BCUT2D eigenvalue weighted by Crippen LogP contribution is -2.45. The highest BCUT2D eigenvalue weighted by Gasteiger charge is 2.25. The third-order valence-electron chi connectivity index (χ3n) is 16.4. The Balaban J connectivity index is 2.69. The van der Waals surface area contributed by atoms with Gasteiger partial charge in [-0.2, -0.15) is 0 Å². The minimum Gasteiger partial charge on any atom is -0.465 e. The van der Waals surface area contributed by atoms with E-state index in [0.29, 0.717) is 63.5 Å². The number of aliphatic hydroxyl groups is 1. The van der Waals surface area contributed by atoms with E-state index in [4.69, 9.17) is 14.2 Å². The molecule has 0 aromatic heterocycles. The van der Waals surface area contributed by atoms with Crippen LogP contribution in [-0.4, -0.2) is 98.0 Å². The Morgan fingerprint density at radius 1 is 0.392 bits per heavy atom. The van der Waals surface area contributed by atoms with Crippen molar-refractivity contribution in [1.29, 1.82) is 0 Å². The third kappa shape index (κ3) is 43.3. The molecule has 74 heavy (non-hydrogen) atoms. The smallest absolute Gasteiger partial charge is 0.306 e. The van der Waals surface area contributed by atoms with E-state index in [1.54, 1.807) is 0 Å². The number of carbonyl (C=O) groups is 3. The van der Waals surface area contributed by atoms with Crippen molar-refractivity contribution in [1.82, 2.24) is 9.80 Å².